The van der Waals surface area contributed by atoms with Crippen LogP contribution in [0.15, 0.2) is 12.1 Å². The van der Waals surface area contributed by atoms with Crippen molar-refractivity contribution in [2.75, 3.05) is 36.0 Å². The molecule has 0 aliphatic carbocycles. The van der Waals surface area contributed by atoms with Crippen LogP contribution in [0.4, 0.5) is 5.82 Å². The summed E-state index contributed by atoms with van der Waals surface area (Å²) < 4.78 is 0. The van der Waals surface area contributed by atoms with Crippen LogP contribution in [0.3, 0.4) is 0 Å². The van der Waals surface area contributed by atoms with Gasteiger partial charge in [-0.25, -0.2) is 4.98 Å². The average molecular weight is 265 g/mol. The smallest absolute Gasteiger partial charge is 0.128 e. The van der Waals surface area contributed by atoms with E-state index in [1.165, 1.54) is 23.5 Å². The van der Waals surface area contributed by atoms with Crippen LogP contribution >= 0.6 is 11.8 Å². The SMILES string of the molecule is CCCNCc1ccc(N2CCSCC2)nc1C. The molecule has 1 saturated heterocycles. The highest BCUT2D eigenvalue weighted by Crippen LogP contribution is 2.19. The topological polar surface area (TPSA) is 28.2 Å². The monoisotopic (exact) mass is 265 g/mol. The maximum Gasteiger partial charge on any atom is 0.128 e. The molecule has 2 heterocycles. The number of hydrogen-bond donors (Lipinski definition) is 1. The number of rotatable bonds is 5. The molecule has 0 radical (unpaired) electrons. The second-order valence-corrected chi connectivity index (χ2v) is 5.91. The minimum atomic E-state index is 0.933. The Kier molecular flexibility index (Phi) is 5.32. The molecule has 1 fully saturated rings. The maximum atomic E-state index is 4.75. The molecule has 0 spiro atoms. The maximum absolute atomic E-state index is 4.75. The molecular formula is C14H23N3S. The number of thioether (sulfide) groups is 1. The standard InChI is InChI=1S/C14H23N3S/c1-3-6-15-11-13-4-5-14(16-12(13)2)17-7-9-18-10-8-17/h4-5,15H,3,6-11H2,1-2H3. The van der Waals surface area contributed by atoms with E-state index in [0.717, 1.165) is 37.7 Å². The van der Waals surface area contributed by atoms with E-state index < -0.39 is 0 Å². The van der Waals surface area contributed by atoms with Gasteiger partial charge in [-0.05, 0) is 31.5 Å². The van der Waals surface area contributed by atoms with Crippen LogP contribution in [-0.4, -0.2) is 36.1 Å². The van der Waals surface area contributed by atoms with E-state index in [4.69, 9.17) is 4.98 Å². The van der Waals surface area contributed by atoms with Crippen LogP contribution in [0.5, 0.6) is 0 Å². The Morgan fingerprint density at radius 2 is 2.11 bits per heavy atom. The molecule has 100 valence electrons. The highest BCUT2D eigenvalue weighted by atomic mass is 32.2. The zero-order valence-corrected chi connectivity index (χ0v) is 12.2. The van der Waals surface area contributed by atoms with Crippen LogP contribution in [-0.2, 0) is 6.54 Å². The Bertz CT molecular complexity index is 375. The van der Waals surface area contributed by atoms with Gasteiger partial charge in [-0.1, -0.05) is 13.0 Å². The second-order valence-electron chi connectivity index (χ2n) is 4.69. The van der Waals surface area contributed by atoms with Crippen molar-refractivity contribution >= 4 is 17.6 Å². The summed E-state index contributed by atoms with van der Waals surface area (Å²) in [6.07, 6.45) is 1.18. The van der Waals surface area contributed by atoms with Gasteiger partial charge in [0.1, 0.15) is 5.82 Å². The quantitative estimate of drug-likeness (QED) is 0.828. The Morgan fingerprint density at radius 3 is 2.78 bits per heavy atom. The lowest BCUT2D eigenvalue weighted by atomic mass is 10.2. The van der Waals surface area contributed by atoms with Gasteiger partial charge in [0.05, 0.1) is 0 Å². The van der Waals surface area contributed by atoms with Crippen LogP contribution in [0.25, 0.3) is 0 Å². The Labute approximate surface area is 114 Å². The molecule has 3 nitrogen and oxygen atoms in total. The fraction of sp³-hybridized carbons (Fsp3) is 0.643. The summed E-state index contributed by atoms with van der Waals surface area (Å²) in [7, 11) is 0. The first-order valence-electron chi connectivity index (χ1n) is 6.81. The molecule has 1 N–H and O–H groups in total. The molecule has 1 aromatic rings. The lowest BCUT2D eigenvalue weighted by Crippen LogP contribution is -2.33. The Balaban J connectivity index is 1.99. The van der Waals surface area contributed by atoms with Crippen molar-refractivity contribution in [1.82, 2.24) is 10.3 Å². The van der Waals surface area contributed by atoms with Crippen molar-refractivity contribution in [3.8, 4) is 0 Å². The van der Waals surface area contributed by atoms with Gasteiger partial charge in [-0.15, -0.1) is 0 Å². The fourth-order valence-corrected chi connectivity index (χ4v) is 3.03. The zero-order chi connectivity index (χ0) is 12.8. The summed E-state index contributed by atoms with van der Waals surface area (Å²) in [5.41, 5.74) is 2.48. The Morgan fingerprint density at radius 1 is 1.33 bits per heavy atom. The van der Waals surface area contributed by atoms with Crippen molar-refractivity contribution in [1.29, 1.82) is 0 Å². The molecule has 0 amide bonds. The highest BCUT2D eigenvalue weighted by molar-refractivity contribution is 7.99. The largest absolute Gasteiger partial charge is 0.355 e. The van der Waals surface area contributed by atoms with Gasteiger partial charge in [0, 0.05) is 36.8 Å². The van der Waals surface area contributed by atoms with Crippen molar-refractivity contribution in [2.24, 2.45) is 0 Å². The number of aryl methyl sites for hydroxylation is 1. The van der Waals surface area contributed by atoms with E-state index in [1.54, 1.807) is 0 Å². The first-order valence-corrected chi connectivity index (χ1v) is 7.96. The molecule has 0 saturated carbocycles. The van der Waals surface area contributed by atoms with Gasteiger partial charge in [-0.3, -0.25) is 0 Å². The number of aromatic nitrogens is 1. The van der Waals surface area contributed by atoms with Crippen molar-refractivity contribution in [3.63, 3.8) is 0 Å². The first kappa shape index (κ1) is 13.7. The third-order valence-corrected chi connectivity index (χ3v) is 4.20. The molecule has 18 heavy (non-hydrogen) atoms. The number of pyridine rings is 1. The third kappa shape index (κ3) is 3.62. The zero-order valence-electron chi connectivity index (χ0n) is 11.4. The van der Waals surface area contributed by atoms with E-state index in [2.05, 4.69) is 36.2 Å². The minimum Gasteiger partial charge on any atom is -0.355 e. The van der Waals surface area contributed by atoms with E-state index in [-0.39, 0.29) is 0 Å². The average Bonchev–Trinajstić information content (AvgIpc) is 2.42. The van der Waals surface area contributed by atoms with Crippen LogP contribution in [0, 0.1) is 6.92 Å². The van der Waals surface area contributed by atoms with E-state index in [1.807, 2.05) is 11.8 Å². The van der Waals surface area contributed by atoms with Crippen molar-refractivity contribution < 1.29 is 0 Å². The van der Waals surface area contributed by atoms with Gasteiger partial charge >= 0.3 is 0 Å². The fourth-order valence-electron chi connectivity index (χ4n) is 2.13. The van der Waals surface area contributed by atoms with Gasteiger partial charge in [0.2, 0.25) is 0 Å². The van der Waals surface area contributed by atoms with Gasteiger partial charge in [0.25, 0.3) is 0 Å². The van der Waals surface area contributed by atoms with E-state index >= 15 is 0 Å². The molecule has 0 bridgehead atoms. The molecule has 1 aliphatic rings. The summed E-state index contributed by atoms with van der Waals surface area (Å²) in [5, 5.41) is 3.43. The molecule has 4 heteroatoms. The Hall–Kier alpha value is -0.740. The molecular weight excluding hydrogens is 242 g/mol. The summed E-state index contributed by atoms with van der Waals surface area (Å²) in [6, 6.07) is 4.40. The van der Waals surface area contributed by atoms with Crippen molar-refractivity contribution in [2.45, 2.75) is 26.8 Å². The van der Waals surface area contributed by atoms with Gasteiger partial charge in [-0.2, -0.15) is 11.8 Å². The molecule has 1 aliphatic heterocycles. The van der Waals surface area contributed by atoms with Gasteiger partial charge in [0.15, 0.2) is 0 Å². The predicted molar refractivity (Wildman–Crippen MR) is 80.5 cm³/mol. The summed E-state index contributed by atoms with van der Waals surface area (Å²) in [6.45, 7) is 8.57. The van der Waals surface area contributed by atoms with Crippen molar-refractivity contribution in [3.05, 3.63) is 23.4 Å². The number of hydrogen-bond acceptors (Lipinski definition) is 4. The lowest BCUT2D eigenvalue weighted by molar-refractivity contribution is 0.670. The summed E-state index contributed by atoms with van der Waals surface area (Å²) in [5.74, 6) is 3.59. The highest BCUT2D eigenvalue weighted by Gasteiger charge is 2.13. The molecule has 0 atom stereocenters. The summed E-state index contributed by atoms with van der Waals surface area (Å²) >= 11 is 2.03. The van der Waals surface area contributed by atoms with E-state index in [0.29, 0.717) is 0 Å². The molecule has 0 unspecified atom stereocenters. The van der Waals surface area contributed by atoms with Gasteiger partial charge < -0.3 is 10.2 Å². The predicted octanol–water partition coefficient (Wildman–Crippen LogP) is 2.44. The number of nitrogens with one attached hydrogen (secondary N) is 1. The molecule has 2 rings (SSSR count). The molecule has 1 aromatic heterocycles. The first-order chi connectivity index (χ1) is 8.81. The summed E-state index contributed by atoms with van der Waals surface area (Å²) in [4.78, 5) is 7.15. The second kappa shape index (κ2) is 7.00. The minimum absolute atomic E-state index is 0.933. The number of anilines is 1. The van der Waals surface area contributed by atoms with Crippen LogP contribution in [0.2, 0.25) is 0 Å². The molecule has 0 aromatic carbocycles. The lowest BCUT2D eigenvalue weighted by Gasteiger charge is -2.27. The third-order valence-electron chi connectivity index (χ3n) is 3.26. The van der Waals surface area contributed by atoms with Crippen LogP contribution in [0.1, 0.15) is 24.6 Å². The number of nitrogens with zero attached hydrogens (tertiary/aromatic N) is 2. The normalized spacial score (nSPS) is 16.0. The van der Waals surface area contributed by atoms with Crippen LogP contribution < -0.4 is 10.2 Å². The van der Waals surface area contributed by atoms with E-state index in [9.17, 15) is 0 Å².